The highest BCUT2D eigenvalue weighted by atomic mass is 16.3. The second kappa shape index (κ2) is 9.09. The SMILES string of the molecule is CC(=O)c1ccc(-c2ccc(C(=O)NC[C@H](c3ccccc3)N3CCCC3)o2)cc1. The maximum Gasteiger partial charge on any atom is 0.287 e. The molecular formula is C25H26N2O3. The Morgan fingerprint density at radius 1 is 0.967 bits per heavy atom. The minimum absolute atomic E-state index is 0.0204. The Morgan fingerprint density at radius 2 is 1.67 bits per heavy atom. The van der Waals surface area contributed by atoms with Crippen LogP contribution in [0.25, 0.3) is 11.3 Å². The normalized spacial score (nSPS) is 15.1. The average molecular weight is 402 g/mol. The van der Waals surface area contributed by atoms with E-state index in [2.05, 4.69) is 22.3 Å². The van der Waals surface area contributed by atoms with E-state index in [1.807, 2.05) is 30.3 Å². The van der Waals surface area contributed by atoms with E-state index in [0.717, 1.165) is 18.7 Å². The molecule has 1 saturated heterocycles. The lowest BCUT2D eigenvalue weighted by Gasteiger charge is -2.28. The molecule has 0 bridgehead atoms. The lowest BCUT2D eigenvalue weighted by Crippen LogP contribution is -2.36. The van der Waals surface area contributed by atoms with Crippen molar-refractivity contribution in [3.63, 3.8) is 0 Å². The molecule has 1 aliphatic heterocycles. The maximum atomic E-state index is 12.7. The molecule has 30 heavy (non-hydrogen) atoms. The largest absolute Gasteiger partial charge is 0.451 e. The van der Waals surface area contributed by atoms with E-state index in [1.54, 1.807) is 24.3 Å². The molecular weight excluding hydrogens is 376 g/mol. The summed E-state index contributed by atoms with van der Waals surface area (Å²) in [5.74, 6) is 0.692. The van der Waals surface area contributed by atoms with Crippen molar-refractivity contribution in [2.24, 2.45) is 0 Å². The van der Waals surface area contributed by atoms with Crippen LogP contribution in [0.1, 0.15) is 52.3 Å². The van der Waals surface area contributed by atoms with Crippen LogP contribution in [0.3, 0.4) is 0 Å². The second-order valence-corrected chi connectivity index (χ2v) is 7.68. The lowest BCUT2D eigenvalue weighted by molar-refractivity contribution is 0.0910. The highest BCUT2D eigenvalue weighted by Crippen LogP contribution is 2.25. The van der Waals surface area contributed by atoms with Crippen LogP contribution in [0.4, 0.5) is 0 Å². The summed E-state index contributed by atoms with van der Waals surface area (Å²) in [7, 11) is 0. The van der Waals surface area contributed by atoms with Gasteiger partial charge in [0.15, 0.2) is 11.5 Å². The van der Waals surface area contributed by atoms with Crippen molar-refractivity contribution in [3.05, 3.63) is 83.6 Å². The molecule has 0 saturated carbocycles. The molecule has 5 heteroatoms. The van der Waals surface area contributed by atoms with Gasteiger partial charge in [0.25, 0.3) is 5.91 Å². The van der Waals surface area contributed by atoms with Gasteiger partial charge in [0.1, 0.15) is 5.76 Å². The zero-order chi connectivity index (χ0) is 20.9. The number of carbonyl (C=O) groups is 2. The maximum absolute atomic E-state index is 12.7. The molecule has 5 nitrogen and oxygen atoms in total. The average Bonchev–Trinajstić information content (AvgIpc) is 3.47. The van der Waals surface area contributed by atoms with Crippen LogP contribution in [0.5, 0.6) is 0 Å². The van der Waals surface area contributed by atoms with Crippen molar-refractivity contribution < 1.29 is 14.0 Å². The molecule has 0 unspecified atom stereocenters. The molecule has 1 N–H and O–H groups in total. The number of rotatable bonds is 7. The number of nitrogens with one attached hydrogen (secondary N) is 1. The monoisotopic (exact) mass is 402 g/mol. The first-order valence-electron chi connectivity index (χ1n) is 10.4. The van der Waals surface area contributed by atoms with E-state index in [-0.39, 0.29) is 23.5 Å². The minimum Gasteiger partial charge on any atom is -0.451 e. The van der Waals surface area contributed by atoms with Crippen molar-refractivity contribution >= 4 is 11.7 Å². The molecule has 4 rings (SSSR count). The predicted molar refractivity (Wildman–Crippen MR) is 116 cm³/mol. The van der Waals surface area contributed by atoms with Crippen LogP contribution >= 0.6 is 0 Å². The van der Waals surface area contributed by atoms with Crippen molar-refractivity contribution in [3.8, 4) is 11.3 Å². The topological polar surface area (TPSA) is 62.6 Å². The number of likely N-dealkylation sites (tertiary alicyclic amines) is 1. The van der Waals surface area contributed by atoms with Gasteiger partial charge in [0.05, 0.1) is 6.04 Å². The Kier molecular flexibility index (Phi) is 6.10. The first-order chi connectivity index (χ1) is 14.6. The summed E-state index contributed by atoms with van der Waals surface area (Å²) in [5.41, 5.74) is 2.70. The molecule has 3 aromatic rings. The quantitative estimate of drug-likeness (QED) is 0.581. The number of hydrogen-bond donors (Lipinski definition) is 1. The van der Waals surface area contributed by atoms with E-state index in [0.29, 0.717) is 17.9 Å². The van der Waals surface area contributed by atoms with Crippen LogP contribution in [0.15, 0.2) is 71.1 Å². The van der Waals surface area contributed by atoms with Crippen LogP contribution in [0.2, 0.25) is 0 Å². The van der Waals surface area contributed by atoms with E-state index in [9.17, 15) is 9.59 Å². The summed E-state index contributed by atoms with van der Waals surface area (Å²) in [4.78, 5) is 26.6. The third-order valence-corrected chi connectivity index (χ3v) is 5.63. The Morgan fingerprint density at radius 3 is 2.33 bits per heavy atom. The summed E-state index contributed by atoms with van der Waals surface area (Å²) >= 11 is 0. The zero-order valence-corrected chi connectivity index (χ0v) is 17.1. The van der Waals surface area contributed by atoms with Gasteiger partial charge in [-0.05, 0) is 50.6 Å². The minimum atomic E-state index is -0.221. The first-order valence-corrected chi connectivity index (χ1v) is 10.4. The van der Waals surface area contributed by atoms with Gasteiger partial charge in [0, 0.05) is 17.7 Å². The highest BCUT2D eigenvalue weighted by Gasteiger charge is 2.24. The van der Waals surface area contributed by atoms with Gasteiger partial charge in [-0.15, -0.1) is 0 Å². The van der Waals surface area contributed by atoms with E-state index >= 15 is 0 Å². The standard InChI is InChI=1S/C25H26N2O3/c1-18(28)19-9-11-21(12-10-19)23-13-14-24(30-23)25(29)26-17-22(27-15-5-6-16-27)20-7-3-2-4-8-20/h2-4,7-14,22H,5-6,15-17H2,1H3,(H,26,29)/t22-/m1/s1. The number of ketones is 1. The molecule has 154 valence electrons. The molecule has 1 atom stereocenters. The van der Waals surface area contributed by atoms with E-state index < -0.39 is 0 Å². The molecule has 0 aliphatic carbocycles. The number of hydrogen-bond acceptors (Lipinski definition) is 4. The summed E-state index contributed by atoms with van der Waals surface area (Å²) in [6, 6.07) is 21.1. The summed E-state index contributed by atoms with van der Waals surface area (Å²) in [6.07, 6.45) is 2.39. The number of carbonyl (C=O) groups excluding carboxylic acids is 2. The Labute approximate surface area is 176 Å². The first kappa shape index (κ1) is 20.1. The van der Waals surface area contributed by atoms with Crippen LogP contribution in [-0.2, 0) is 0 Å². The number of benzene rings is 2. The van der Waals surface area contributed by atoms with Crippen molar-refractivity contribution in [1.82, 2.24) is 10.2 Å². The predicted octanol–water partition coefficient (Wildman–Crippen LogP) is 4.72. The smallest absolute Gasteiger partial charge is 0.287 e. The van der Waals surface area contributed by atoms with Crippen molar-refractivity contribution in [1.29, 1.82) is 0 Å². The van der Waals surface area contributed by atoms with E-state index in [1.165, 1.54) is 25.3 Å². The Balaban J connectivity index is 1.44. The van der Waals surface area contributed by atoms with Crippen LogP contribution in [0, 0.1) is 0 Å². The van der Waals surface area contributed by atoms with Gasteiger partial charge in [-0.2, -0.15) is 0 Å². The molecule has 2 heterocycles. The summed E-state index contributed by atoms with van der Waals surface area (Å²) in [5, 5.41) is 3.04. The van der Waals surface area contributed by atoms with E-state index in [4.69, 9.17) is 4.42 Å². The molecule has 1 aliphatic rings. The van der Waals surface area contributed by atoms with Gasteiger partial charge in [-0.3, -0.25) is 14.5 Å². The fourth-order valence-electron chi connectivity index (χ4n) is 3.95. The van der Waals surface area contributed by atoms with Gasteiger partial charge in [0.2, 0.25) is 0 Å². The second-order valence-electron chi connectivity index (χ2n) is 7.68. The van der Waals surface area contributed by atoms with Crippen molar-refractivity contribution in [2.75, 3.05) is 19.6 Å². The number of Topliss-reactive ketones (excluding diaryl/α,β-unsaturated/α-hetero) is 1. The lowest BCUT2D eigenvalue weighted by atomic mass is 10.1. The number of furan rings is 1. The third-order valence-electron chi connectivity index (χ3n) is 5.63. The molecule has 0 radical (unpaired) electrons. The van der Waals surface area contributed by atoms with Crippen molar-refractivity contribution in [2.45, 2.75) is 25.8 Å². The Hall–Kier alpha value is -3.18. The third kappa shape index (κ3) is 4.52. The molecule has 2 aromatic carbocycles. The fourth-order valence-corrected chi connectivity index (χ4v) is 3.95. The van der Waals surface area contributed by atoms with Crippen LogP contribution < -0.4 is 5.32 Å². The van der Waals surface area contributed by atoms with Gasteiger partial charge in [-0.25, -0.2) is 0 Å². The Bertz CT molecular complexity index is 1000. The van der Waals surface area contributed by atoms with Crippen LogP contribution in [-0.4, -0.2) is 36.2 Å². The molecule has 1 aromatic heterocycles. The molecule has 1 fully saturated rings. The summed E-state index contributed by atoms with van der Waals surface area (Å²) < 4.78 is 5.78. The zero-order valence-electron chi connectivity index (χ0n) is 17.1. The van der Waals surface area contributed by atoms with Gasteiger partial charge in [-0.1, -0.05) is 54.6 Å². The molecule has 0 spiro atoms. The summed E-state index contributed by atoms with van der Waals surface area (Å²) in [6.45, 7) is 4.18. The van der Waals surface area contributed by atoms with Gasteiger partial charge >= 0.3 is 0 Å². The highest BCUT2D eigenvalue weighted by molar-refractivity contribution is 5.94. The fraction of sp³-hybridized carbons (Fsp3) is 0.280. The number of amides is 1. The number of nitrogens with zero attached hydrogens (tertiary/aromatic N) is 1. The molecule has 1 amide bonds. The van der Waals surface area contributed by atoms with Gasteiger partial charge < -0.3 is 9.73 Å².